The molecule has 0 aromatic carbocycles. The molecule has 0 spiro atoms. The second-order valence-electron chi connectivity index (χ2n) is 2.74. The van der Waals surface area contributed by atoms with E-state index in [0.29, 0.717) is 13.0 Å². The van der Waals surface area contributed by atoms with E-state index < -0.39 is 16.4 Å². The van der Waals surface area contributed by atoms with Crippen molar-refractivity contribution in [2.45, 2.75) is 25.3 Å². The van der Waals surface area contributed by atoms with Gasteiger partial charge in [-0.15, -0.1) is 0 Å². The molecule has 4 N–H and O–H groups in total. The van der Waals surface area contributed by atoms with Gasteiger partial charge in [-0.1, -0.05) is 6.42 Å². The van der Waals surface area contributed by atoms with Gasteiger partial charge in [0.1, 0.15) is 0 Å². The van der Waals surface area contributed by atoms with E-state index in [4.69, 9.17) is 11.5 Å². The van der Waals surface area contributed by atoms with E-state index in [1.807, 2.05) is 0 Å². The minimum Gasteiger partial charge on any atom is -0.726 e. The van der Waals surface area contributed by atoms with Crippen LogP contribution in [0.15, 0.2) is 0 Å². The maximum absolute atomic E-state index is 10.0. The summed E-state index contributed by atoms with van der Waals surface area (Å²) in [7, 11) is -4.60. The molecule has 0 heterocycles. The zero-order valence-corrected chi connectivity index (χ0v) is 12.2. The summed E-state index contributed by atoms with van der Waals surface area (Å²) >= 11 is 0. The molecule has 0 amide bonds. The van der Waals surface area contributed by atoms with Crippen LogP contribution in [-0.2, 0) is 14.6 Å². The Balaban J connectivity index is 0. The van der Waals surface area contributed by atoms with Gasteiger partial charge in [-0.2, -0.15) is 0 Å². The fourth-order valence-electron chi connectivity index (χ4n) is 0.805. The largest absolute Gasteiger partial charge is 1.00 e. The summed E-state index contributed by atoms with van der Waals surface area (Å²) in [4.78, 5) is 0. The van der Waals surface area contributed by atoms with Crippen molar-refractivity contribution in [3.05, 3.63) is 0 Å². The van der Waals surface area contributed by atoms with Gasteiger partial charge in [0.2, 0.25) is 10.4 Å². The van der Waals surface area contributed by atoms with Gasteiger partial charge < -0.3 is 16.0 Å². The average molecular weight is 250 g/mol. The quantitative estimate of drug-likeness (QED) is 0.205. The normalized spacial score (nSPS) is 13.4. The third-order valence-corrected chi connectivity index (χ3v) is 1.88. The van der Waals surface area contributed by atoms with E-state index >= 15 is 0 Å². The van der Waals surface area contributed by atoms with Gasteiger partial charge in [-0.25, -0.2) is 8.42 Å². The predicted octanol–water partition coefficient (Wildman–Crippen LogP) is -4.08. The molecule has 0 rings (SSSR count). The Hall–Kier alpha value is 1.43. The molecular weight excluding hydrogens is 235 g/mol. The zero-order chi connectivity index (χ0) is 10.3. The van der Waals surface area contributed by atoms with Gasteiger partial charge in [0, 0.05) is 6.04 Å². The standard InChI is InChI=1S/C6H16N2O4S.K/c7-4-2-1-3-6(8)5-12-13(9,10)11;/h6H,1-5,7-8H2,(H,9,10,11);/q;+1/p-1/t6-;/m0./s1. The second kappa shape index (κ2) is 9.64. The van der Waals surface area contributed by atoms with Crippen LogP contribution < -0.4 is 62.9 Å². The van der Waals surface area contributed by atoms with Crippen LogP contribution in [-0.4, -0.2) is 32.2 Å². The van der Waals surface area contributed by atoms with Gasteiger partial charge in [0.15, 0.2) is 0 Å². The van der Waals surface area contributed by atoms with E-state index in [9.17, 15) is 13.0 Å². The SMILES string of the molecule is NCCCC[C@H](N)COS(=O)(=O)[O-].[K+]. The summed E-state index contributed by atoms with van der Waals surface area (Å²) in [6, 6.07) is -0.421. The summed E-state index contributed by atoms with van der Waals surface area (Å²) < 4.78 is 34.0. The summed E-state index contributed by atoms with van der Waals surface area (Å²) in [5.74, 6) is 0. The maximum Gasteiger partial charge on any atom is 1.00 e. The van der Waals surface area contributed by atoms with Crippen LogP contribution in [0.3, 0.4) is 0 Å². The van der Waals surface area contributed by atoms with E-state index in [2.05, 4.69) is 4.18 Å². The fraction of sp³-hybridized carbons (Fsp3) is 1.00. The summed E-state index contributed by atoms with van der Waals surface area (Å²) in [6.07, 6.45) is 2.24. The van der Waals surface area contributed by atoms with Crippen molar-refractivity contribution in [1.82, 2.24) is 0 Å². The Bertz CT molecular complexity index is 222. The molecule has 0 aromatic rings. The number of rotatable bonds is 7. The van der Waals surface area contributed by atoms with Crippen LogP contribution in [0.1, 0.15) is 19.3 Å². The molecule has 0 aliphatic carbocycles. The Kier molecular flexibility index (Phi) is 12.3. The van der Waals surface area contributed by atoms with E-state index in [1.54, 1.807) is 0 Å². The Morgan fingerprint density at radius 1 is 1.36 bits per heavy atom. The molecule has 0 aliphatic rings. The van der Waals surface area contributed by atoms with Gasteiger partial charge >= 0.3 is 51.4 Å². The van der Waals surface area contributed by atoms with Crippen molar-refractivity contribution in [3.63, 3.8) is 0 Å². The molecule has 0 fully saturated rings. The molecule has 0 unspecified atom stereocenters. The minimum atomic E-state index is -4.60. The molecule has 0 aromatic heterocycles. The van der Waals surface area contributed by atoms with Crippen LogP contribution in [0, 0.1) is 0 Å². The Labute approximate surface area is 127 Å². The zero-order valence-electron chi connectivity index (χ0n) is 8.31. The van der Waals surface area contributed by atoms with Crippen molar-refractivity contribution in [1.29, 1.82) is 0 Å². The number of unbranched alkanes of at least 4 members (excludes halogenated alkanes) is 1. The maximum atomic E-state index is 10.0. The molecule has 0 saturated heterocycles. The van der Waals surface area contributed by atoms with Crippen molar-refractivity contribution in [2.75, 3.05) is 13.2 Å². The summed E-state index contributed by atoms with van der Waals surface area (Å²) in [5, 5.41) is 0. The first-order valence-corrected chi connectivity index (χ1v) is 5.35. The monoisotopic (exact) mass is 250 g/mol. The molecule has 0 bridgehead atoms. The van der Waals surface area contributed by atoms with Crippen molar-refractivity contribution in [3.8, 4) is 0 Å². The van der Waals surface area contributed by atoms with Crippen LogP contribution in [0.4, 0.5) is 0 Å². The molecule has 80 valence electrons. The molecule has 6 nitrogen and oxygen atoms in total. The number of hydrogen-bond donors (Lipinski definition) is 2. The van der Waals surface area contributed by atoms with Crippen LogP contribution in [0.2, 0.25) is 0 Å². The molecule has 8 heteroatoms. The van der Waals surface area contributed by atoms with Crippen molar-refractivity contribution < 1.29 is 68.5 Å². The van der Waals surface area contributed by atoms with E-state index in [0.717, 1.165) is 12.8 Å². The molecule has 0 aliphatic heterocycles. The number of hydrogen-bond acceptors (Lipinski definition) is 6. The molecule has 14 heavy (non-hydrogen) atoms. The second-order valence-corrected chi connectivity index (χ2v) is 3.79. The summed E-state index contributed by atoms with van der Waals surface area (Å²) in [5.41, 5.74) is 10.7. The van der Waals surface area contributed by atoms with E-state index in [-0.39, 0.29) is 58.0 Å². The van der Waals surface area contributed by atoms with Gasteiger partial charge in [0.25, 0.3) is 0 Å². The third kappa shape index (κ3) is 13.4. The first-order chi connectivity index (χ1) is 5.95. The van der Waals surface area contributed by atoms with Crippen molar-refractivity contribution in [2.24, 2.45) is 11.5 Å². The van der Waals surface area contributed by atoms with Crippen LogP contribution in [0.5, 0.6) is 0 Å². The van der Waals surface area contributed by atoms with Crippen molar-refractivity contribution >= 4 is 10.4 Å². The topological polar surface area (TPSA) is 118 Å². The first kappa shape index (κ1) is 17.8. The number of nitrogens with two attached hydrogens (primary N) is 2. The molecular formula is C6H15KN2O4S. The molecule has 1 atom stereocenters. The van der Waals surface area contributed by atoms with Gasteiger partial charge in [-0.3, -0.25) is 4.18 Å². The van der Waals surface area contributed by atoms with E-state index in [1.165, 1.54) is 0 Å². The van der Waals surface area contributed by atoms with Gasteiger partial charge in [0.05, 0.1) is 6.61 Å². The predicted molar refractivity (Wildman–Crippen MR) is 46.5 cm³/mol. The van der Waals surface area contributed by atoms with Crippen LogP contribution in [0.25, 0.3) is 0 Å². The van der Waals surface area contributed by atoms with Gasteiger partial charge in [-0.05, 0) is 19.4 Å². The average Bonchev–Trinajstić information content (AvgIpc) is 2.00. The molecule has 0 saturated carbocycles. The molecule has 0 radical (unpaired) electrons. The third-order valence-electron chi connectivity index (χ3n) is 1.46. The Morgan fingerprint density at radius 2 is 1.93 bits per heavy atom. The fourth-order valence-corrected chi connectivity index (χ4v) is 1.15. The smallest absolute Gasteiger partial charge is 0.726 e. The Morgan fingerprint density at radius 3 is 2.36 bits per heavy atom. The minimum absolute atomic E-state index is 0. The summed E-state index contributed by atoms with van der Waals surface area (Å²) in [6.45, 7) is 0.323. The van der Waals surface area contributed by atoms with Crippen LogP contribution >= 0.6 is 0 Å². The first-order valence-electron chi connectivity index (χ1n) is 4.01.